The zero-order valence-corrected chi connectivity index (χ0v) is 9.19. The Morgan fingerprint density at radius 1 is 1.60 bits per heavy atom. The number of aliphatic hydroxyl groups excluding tert-OH is 1. The summed E-state index contributed by atoms with van der Waals surface area (Å²) >= 11 is 0. The maximum absolute atomic E-state index is 11.4. The zero-order valence-electron chi connectivity index (χ0n) is 9.19. The van der Waals surface area contributed by atoms with Crippen molar-refractivity contribution in [2.75, 3.05) is 6.61 Å². The van der Waals surface area contributed by atoms with E-state index in [-0.39, 0.29) is 12.6 Å². The number of rotatable bonds is 3. The summed E-state index contributed by atoms with van der Waals surface area (Å²) in [4.78, 5) is 11.4. The second-order valence-electron chi connectivity index (χ2n) is 4.38. The van der Waals surface area contributed by atoms with E-state index in [2.05, 4.69) is 0 Å². The Hall–Kier alpha value is -1.29. The van der Waals surface area contributed by atoms with E-state index in [4.69, 9.17) is 9.15 Å². The number of hydrogen-bond acceptors (Lipinski definition) is 4. The fourth-order valence-electron chi connectivity index (χ4n) is 0.934. The van der Waals surface area contributed by atoms with Crippen LogP contribution in [0, 0.1) is 5.41 Å². The molecule has 0 aliphatic rings. The summed E-state index contributed by atoms with van der Waals surface area (Å²) in [5.41, 5.74) is -0.553. The lowest BCUT2D eigenvalue weighted by Crippen LogP contribution is -2.24. The summed E-state index contributed by atoms with van der Waals surface area (Å²) in [6.07, 6.45) is 0.565. The number of aliphatic hydroxyl groups is 1. The Morgan fingerprint density at radius 3 is 2.73 bits per heavy atom. The van der Waals surface area contributed by atoms with Crippen molar-refractivity contribution < 1.29 is 19.1 Å². The van der Waals surface area contributed by atoms with Gasteiger partial charge in [-0.25, -0.2) is 0 Å². The molecule has 1 N–H and O–H groups in total. The van der Waals surface area contributed by atoms with E-state index in [1.165, 1.54) is 6.26 Å². The first kappa shape index (κ1) is 11.8. The minimum Gasteiger partial charge on any atom is -0.466 e. The molecule has 15 heavy (non-hydrogen) atoms. The van der Waals surface area contributed by atoms with Crippen LogP contribution in [-0.4, -0.2) is 17.7 Å². The predicted molar refractivity (Wildman–Crippen MR) is 54.1 cm³/mol. The Bertz CT molecular complexity index is 308. The molecule has 0 amide bonds. The van der Waals surface area contributed by atoms with Crippen LogP contribution in [0.25, 0.3) is 0 Å². The average Bonchev–Trinajstić information content (AvgIpc) is 2.64. The van der Waals surface area contributed by atoms with Gasteiger partial charge in [-0.2, -0.15) is 0 Å². The van der Waals surface area contributed by atoms with E-state index >= 15 is 0 Å². The summed E-state index contributed by atoms with van der Waals surface area (Å²) in [5, 5.41) is 9.55. The van der Waals surface area contributed by atoms with Crippen molar-refractivity contribution in [3.63, 3.8) is 0 Å². The molecule has 1 aromatic heterocycles. The lowest BCUT2D eigenvalue weighted by atomic mass is 9.97. The Kier molecular flexibility index (Phi) is 3.52. The van der Waals surface area contributed by atoms with Crippen LogP contribution in [0.4, 0.5) is 0 Å². The quantitative estimate of drug-likeness (QED) is 0.777. The number of carbonyl (C=O) groups excluding carboxylic acids is 1. The van der Waals surface area contributed by atoms with Gasteiger partial charge in [0.1, 0.15) is 18.5 Å². The highest BCUT2D eigenvalue weighted by Crippen LogP contribution is 2.18. The van der Waals surface area contributed by atoms with Crippen molar-refractivity contribution in [1.82, 2.24) is 0 Å². The minimum atomic E-state index is -0.897. The van der Waals surface area contributed by atoms with Crippen LogP contribution >= 0.6 is 0 Å². The van der Waals surface area contributed by atoms with Gasteiger partial charge in [0.2, 0.25) is 0 Å². The first-order chi connectivity index (χ1) is 6.91. The van der Waals surface area contributed by atoms with Crippen LogP contribution < -0.4 is 0 Å². The molecule has 1 heterocycles. The van der Waals surface area contributed by atoms with Crippen molar-refractivity contribution in [3.8, 4) is 0 Å². The molecule has 84 valence electrons. The number of hydrogen-bond donors (Lipinski definition) is 1. The van der Waals surface area contributed by atoms with E-state index in [9.17, 15) is 9.90 Å². The molecule has 0 fully saturated rings. The van der Waals surface area contributed by atoms with E-state index in [0.29, 0.717) is 5.76 Å². The van der Waals surface area contributed by atoms with Gasteiger partial charge in [0.05, 0.1) is 11.7 Å². The monoisotopic (exact) mass is 212 g/mol. The molecule has 0 radical (unpaired) electrons. The van der Waals surface area contributed by atoms with Crippen molar-refractivity contribution in [2.45, 2.75) is 26.9 Å². The number of ether oxygens (including phenoxy) is 1. The normalized spacial score (nSPS) is 13.6. The van der Waals surface area contributed by atoms with Gasteiger partial charge >= 0.3 is 5.97 Å². The second kappa shape index (κ2) is 4.49. The topological polar surface area (TPSA) is 59.7 Å². The molecule has 0 spiro atoms. The highest BCUT2D eigenvalue weighted by molar-refractivity contribution is 5.75. The second-order valence-corrected chi connectivity index (χ2v) is 4.38. The SMILES string of the molecule is CC(C)(C)C(=O)OC[C@H](O)c1ccco1. The van der Waals surface area contributed by atoms with Crippen molar-refractivity contribution >= 4 is 5.97 Å². The first-order valence-electron chi connectivity index (χ1n) is 4.80. The van der Waals surface area contributed by atoms with Crippen LogP contribution in [0.3, 0.4) is 0 Å². The van der Waals surface area contributed by atoms with Crippen molar-refractivity contribution in [3.05, 3.63) is 24.2 Å². The van der Waals surface area contributed by atoms with Crippen LogP contribution in [0.1, 0.15) is 32.6 Å². The molecule has 4 heteroatoms. The molecule has 4 nitrogen and oxygen atoms in total. The van der Waals surface area contributed by atoms with Crippen LogP contribution in [0.2, 0.25) is 0 Å². The Labute approximate surface area is 88.8 Å². The summed E-state index contributed by atoms with van der Waals surface area (Å²) in [7, 11) is 0. The third-order valence-corrected chi connectivity index (χ3v) is 1.86. The molecule has 0 saturated carbocycles. The third-order valence-electron chi connectivity index (χ3n) is 1.86. The highest BCUT2D eigenvalue weighted by atomic mass is 16.5. The van der Waals surface area contributed by atoms with E-state index in [0.717, 1.165) is 0 Å². The fraction of sp³-hybridized carbons (Fsp3) is 0.545. The lowest BCUT2D eigenvalue weighted by molar-refractivity contribution is -0.156. The molecule has 1 atom stereocenters. The van der Waals surface area contributed by atoms with Gasteiger partial charge in [-0.1, -0.05) is 0 Å². The van der Waals surface area contributed by atoms with Gasteiger partial charge in [0.15, 0.2) is 0 Å². The average molecular weight is 212 g/mol. The predicted octanol–water partition coefficient (Wildman–Crippen LogP) is 1.90. The maximum atomic E-state index is 11.4. The van der Waals surface area contributed by atoms with Gasteiger partial charge in [0.25, 0.3) is 0 Å². The standard InChI is InChI=1S/C11H16O4/c1-11(2,3)10(13)15-7-8(12)9-5-4-6-14-9/h4-6,8,12H,7H2,1-3H3/t8-/m0/s1. The van der Waals surface area contributed by atoms with Crippen molar-refractivity contribution in [1.29, 1.82) is 0 Å². The summed E-state index contributed by atoms with van der Waals surface area (Å²) in [6, 6.07) is 3.31. The fourth-order valence-corrected chi connectivity index (χ4v) is 0.934. The van der Waals surface area contributed by atoms with Gasteiger partial charge < -0.3 is 14.3 Å². The van der Waals surface area contributed by atoms with Gasteiger partial charge in [-0.15, -0.1) is 0 Å². The zero-order chi connectivity index (χ0) is 11.5. The molecular weight excluding hydrogens is 196 g/mol. The number of carbonyl (C=O) groups is 1. The maximum Gasteiger partial charge on any atom is 0.311 e. The summed E-state index contributed by atoms with van der Waals surface area (Å²) in [6.45, 7) is 5.20. The molecular formula is C11H16O4. The molecule has 0 aromatic carbocycles. The Balaban J connectivity index is 2.42. The van der Waals surface area contributed by atoms with Crippen LogP contribution in [0.5, 0.6) is 0 Å². The molecule has 0 bridgehead atoms. The molecule has 1 rings (SSSR count). The van der Waals surface area contributed by atoms with E-state index in [1.54, 1.807) is 32.9 Å². The molecule has 0 aliphatic heterocycles. The Morgan fingerprint density at radius 2 is 2.27 bits per heavy atom. The van der Waals surface area contributed by atoms with Crippen molar-refractivity contribution in [2.24, 2.45) is 5.41 Å². The minimum absolute atomic E-state index is 0.0797. The summed E-state index contributed by atoms with van der Waals surface area (Å²) in [5.74, 6) is 0.0600. The van der Waals surface area contributed by atoms with E-state index < -0.39 is 11.5 Å². The third kappa shape index (κ3) is 3.40. The smallest absolute Gasteiger partial charge is 0.311 e. The molecule has 1 aromatic rings. The highest BCUT2D eigenvalue weighted by Gasteiger charge is 2.24. The van der Waals surface area contributed by atoms with Gasteiger partial charge in [-0.3, -0.25) is 4.79 Å². The van der Waals surface area contributed by atoms with Crippen LogP contribution in [-0.2, 0) is 9.53 Å². The lowest BCUT2D eigenvalue weighted by Gasteiger charge is -2.17. The number of esters is 1. The molecule has 0 saturated heterocycles. The van der Waals surface area contributed by atoms with Gasteiger partial charge in [-0.05, 0) is 32.9 Å². The van der Waals surface area contributed by atoms with Gasteiger partial charge in [0, 0.05) is 0 Å². The first-order valence-corrected chi connectivity index (χ1v) is 4.80. The molecule has 0 aliphatic carbocycles. The largest absolute Gasteiger partial charge is 0.466 e. The summed E-state index contributed by atoms with van der Waals surface area (Å²) < 4.78 is 9.91. The number of furan rings is 1. The van der Waals surface area contributed by atoms with E-state index in [1.807, 2.05) is 0 Å². The van der Waals surface area contributed by atoms with Crippen LogP contribution in [0.15, 0.2) is 22.8 Å². The molecule has 0 unspecified atom stereocenters.